The van der Waals surface area contributed by atoms with Gasteiger partial charge in [0.2, 0.25) is 5.95 Å². The molecule has 3 aromatic rings. The third-order valence-electron chi connectivity index (χ3n) is 4.30. The van der Waals surface area contributed by atoms with Gasteiger partial charge in [0.15, 0.2) is 5.65 Å². The monoisotopic (exact) mass is 317 g/mol. The van der Waals surface area contributed by atoms with Crippen LogP contribution in [0.15, 0.2) is 6.33 Å². The smallest absolute Gasteiger partial charge is 0.227 e. The van der Waals surface area contributed by atoms with Gasteiger partial charge in [0.05, 0.1) is 11.5 Å². The lowest BCUT2D eigenvalue weighted by Crippen LogP contribution is -2.20. The summed E-state index contributed by atoms with van der Waals surface area (Å²) in [5.74, 6) is 0.658. The standard InChI is InChI=1S/C15H19N5OS/c1-2-9(21)7-16-15-19-14-12(13-17-8-18-20(13)15)10-5-3-4-6-11(10)22-14/h8-9,21H,2-7H2,1H3,(H,16,19)/t9-/m1/s1. The second-order valence-electron chi connectivity index (χ2n) is 5.76. The predicted octanol–water partition coefficient (Wildman–Crippen LogP) is 2.40. The van der Waals surface area contributed by atoms with Crippen molar-refractivity contribution in [3.05, 3.63) is 16.8 Å². The Morgan fingerprint density at radius 3 is 3.14 bits per heavy atom. The number of rotatable bonds is 4. The molecule has 0 saturated heterocycles. The van der Waals surface area contributed by atoms with E-state index in [0.717, 1.165) is 23.3 Å². The number of aliphatic hydroxyl groups excluding tert-OH is 1. The maximum atomic E-state index is 9.75. The minimum Gasteiger partial charge on any atom is -0.391 e. The van der Waals surface area contributed by atoms with Crippen LogP contribution in [0.2, 0.25) is 0 Å². The van der Waals surface area contributed by atoms with Gasteiger partial charge in [0.1, 0.15) is 11.2 Å². The molecule has 4 rings (SSSR count). The molecule has 7 heteroatoms. The van der Waals surface area contributed by atoms with E-state index in [0.29, 0.717) is 18.9 Å². The molecule has 0 aliphatic heterocycles. The molecule has 2 N–H and O–H groups in total. The highest BCUT2D eigenvalue weighted by atomic mass is 32.1. The number of hydrogen-bond acceptors (Lipinski definition) is 6. The van der Waals surface area contributed by atoms with E-state index < -0.39 is 0 Å². The first kappa shape index (κ1) is 13.9. The van der Waals surface area contributed by atoms with Gasteiger partial charge in [-0.1, -0.05) is 6.92 Å². The Morgan fingerprint density at radius 1 is 1.41 bits per heavy atom. The lowest BCUT2D eigenvalue weighted by Gasteiger charge is -2.12. The highest BCUT2D eigenvalue weighted by Crippen LogP contribution is 2.37. The van der Waals surface area contributed by atoms with Gasteiger partial charge < -0.3 is 10.4 Å². The molecule has 1 aliphatic rings. The average molecular weight is 317 g/mol. The van der Waals surface area contributed by atoms with E-state index in [1.807, 2.05) is 6.92 Å². The molecule has 0 bridgehead atoms. The summed E-state index contributed by atoms with van der Waals surface area (Å²) >= 11 is 1.78. The highest BCUT2D eigenvalue weighted by Gasteiger charge is 2.21. The summed E-state index contributed by atoms with van der Waals surface area (Å²) in [6.45, 7) is 2.43. The van der Waals surface area contributed by atoms with Gasteiger partial charge in [-0.25, -0.2) is 9.97 Å². The van der Waals surface area contributed by atoms with Crippen molar-refractivity contribution < 1.29 is 5.11 Å². The first-order valence-electron chi connectivity index (χ1n) is 7.84. The molecule has 0 saturated carbocycles. The van der Waals surface area contributed by atoms with Gasteiger partial charge >= 0.3 is 0 Å². The third kappa shape index (κ3) is 2.16. The third-order valence-corrected chi connectivity index (χ3v) is 5.48. The zero-order valence-corrected chi connectivity index (χ0v) is 13.4. The van der Waals surface area contributed by atoms with E-state index in [2.05, 4.69) is 15.4 Å². The maximum absolute atomic E-state index is 9.75. The number of fused-ring (bicyclic) bond motifs is 5. The molecule has 0 unspecified atom stereocenters. The Balaban J connectivity index is 1.85. The molecule has 0 aromatic carbocycles. The molecule has 1 atom stereocenters. The summed E-state index contributed by atoms with van der Waals surface area (Å²) in [6, 6.07) is 0. The number of thiophene rings is 1. The second kappa shape index (κ2) is 5.48. The summed E-state index contributed by atoms with van der Waals surface area (Å²) in [5.41, 5.74) is 2.29. The maximum Gasteiger partial charge on any atom is 0.227 e. The summed E-state index contributed by atoms with van der Waals surface area (Å²) in [7, 11) is 0. The van der Waals surface area contributed by atoms with Gasteiger partial charge in [0, 0.05) is 11.4 Å². The molecule has 0 radical (unpaired) electrons. The van der Waals surface area contributed by atoms with Crippen molar-refractivity contribution >= 4 is 33.1 Å². The Labute approximate surface area is 132 Å². The average Bonchev–Trinajstić information content (AvgIpc) is 3.15. The van der Waals surface area contributed by atoms with Crippen molar-refractivity contribution in [2.24, 2.45) is 0 Å². The lowest BCUT2D eigenvalue weighted by atomic mass is 9.97. The van der Waals surface area contributed by atoms with Crippen LogP contribution in [-0.4, -0.2) is 37.3 Å². The van der Waals surface area contributed by atoms with E-state index in [1.54, 1.807) is 22.2 Å². The van der Waals surface area contributed by atoms with Crippen LogP contribution in [0.5, 0.6) is 0 Å². The van der Waals surface area contributed by atoms with E-state index in [1.165, 1.54) is 28.7 Å². The van der Waals surface area contributed by atoms with Crippen LogP contribution < -0.4 is 5.32 Å². The number of aromatic nitrogens is 4. The fourth-order valence-electron chi connectivity index (χ4n) is 3.04. The summed E-state index contributed by atoms with van der Waals surface area (Å²) in [4.78, 5) is 11.7. The lowest BCUT2D eigenvalue weighted by molar-refractivity contribution is 0.183. The quantitative estimate of drug-likeness (QED) is 0.773. The van der Waals surface area contributed by atoms with Crippen molar-refractivity contribution in [2.45, 2.75) is 45.1 Å². The normalized spacial score (nSPS) is 16.1. The van der Waals surface area contributed by atoms with Gasteiger partial charge in [-0.3, -0.25) is 0 Å². The van der Waals surface area contributed by atoms with E-state index in [-0.39, 0.29) is 6.10 Å². The molecular weight excluding hydrogens is 298 g/mol. The number of aryl methyl sites for hydroxylation is 2. The van der Waals surface area contributed by atoms with Crippen LogP contribution in [0.1, 0.15) is 36.6 Å². The number of aliphatic hydroxyl groups is 1. The minimum atomic E-state index is -0.382. The van der Waals surface area contributed by atoms with Gasteiger partial charge in [-0.2, -0.15) is 9.61 Å². The van der Waals surface area contributed by atoms with Crippen LogP contribution in [0, 0.1) is 0 Å². The summed E-state index contributed by atoms with van der Waals surface area (Å²) in [5, 5.41) is 18.4. The summed E-state index contributed by atoms with van der Waals surface area (Å²) in [6.07, 6.45) is 6.66. The molecule has 0 fully saturated rings. The fourth-order valence-corrected chi connectivity index (χ4v) is 4.29. The highest BCUT2D eigenvalue weighted by molar-refractivity contribution is 7.19. The molecule has 116 valence electrons. The van der Waals surface area contributed by atoms with E-state index >= 15 is 0 Å². The number of hydrogen-bond donors (Lipinski definition) is 2. The molecular formula is C15H19N5OS. The Bertz CT molecular complexity index is 824. The first-order valence-corrected chi connectivity index (χ1v) is 8.65. The van der Waals surface area contributed by atoms with Crippen LogP contribution in [-0.2, 0) is 12.8 Å². The summed E-state index contributed by atoms with van der Waals surface area (Å²) < 4.78 is 1.76. The molecule has 0 spiro atoms. The SMILES string of the molecule is CC[C@@H](O)CNc1nc2sc3c(c2c2ncnn12)CCCC3. The predicted molar refractivity (Wildman–Crippen MR) is 87.6 cm³/mol. The largest absolute Gasteiger partial charge is 0.391 e. The number of nitrogens with zero attached hydrogens (tertiary/aromatic N) is 4. The van der Waals surface area contributed by atoms with Gasteiger partial charge in [-0.15, -0.1) is 11.3 Å². The molecule has 0 amide bonds. The number of anilines is 1. The van der Waals surface area contributed by atoms with Crippen molar-refractivity contribution in [3.63, 3.8) is 0 Å². The van der Waals surface area contributed by atoms with Crippen LogP contribution in [0.4, 0.5) is 5.95 Å². The Kier molecular flexibility index (Phi) is 3.46. The molecule has 22 heavy (non-hydrogen) atoms. The zero-order valence-electron chi connectivity index (χ0n) is 12.5. The second-order valence-corrected chi connectivity index (χ2v) is 6.85. The molecule has 6 nitrogen and oxygen atoms in total. The first-order chi connectivity index (χ1) is 10.8. The Hall–Kier alpha value is -1.73. The topological polar surface area (TPSA) is 75.3 Å². The van der Waals surface area contributed by atoms with Crippen LogP contribution in [0.25, 0.3) is 15.9 Å². The van der Waals surface area contributed by atoms with E-state index in [4.69, 9.17) is 4.98 Å². The van der Waals surface area contributed by atoms with Gasteiger partial charge in [0.25, 0.3) is 0 Å². The number of nitrogens with one attached hydrogen (secondary N) is 1. The van der Waals surface area contributed by atoms with Crippen molar-refractivity contribution in [3.8, 4) is 0 Å². The van der Waals surface area contributed by atoms with Crippen LogP contribution in [0.3, 0.4) is 0 Å². The fraction of sp³-hybridized carbons (Fsp3) is 0.533. The van der Waals surface area contributed by atoms with Crippen molar-refractivity contribution in [2.75, 3.05) is 11.9 Å². The van der Waals surface area contributed by atoms with Gasteiger partial charge in [-0.05, 0) is 37.7 Å². The molecule has 3 aromatic heterocycles. The molecule has 1 aliphatic carbocycles. The minimum absolute atomic E-state index is 0.382. The Morgan fingerprint density at radius 2 is 2.27 bits per heavy atom. The zero-order chi connectivity index (χ0) is 15.1. The van der Waals surface area contributed by atoms with Crippen LogP contribution >= 0.6 is 11.3 Å². The molecule has 3 heterocycles. The van der Waals surface area contributed by atoms with Crippen molar-refractivity contribution in [1.29, 1.82) is 0 Å². The van der Waals surface area contributed by atoms with E-state index in [9.17, 15) is 5.11 Å². The van der Waals surface area contributed by atoms with Crippen molar-refractivity contribution in [1.82, 2.24) is 19.6 Å².